The van der Waals surface area contributed by atoms with Crippen molar-refractivity contribution in [2.24, 2.45) is 0 Å². The van der Waals surface area contributed by atoms with Gasteiger partial charge in [0.05, 0.1) is 41.0 Å². The fraction of sp³-hybridized carbons (Fsp3) is 0.385. The number of fused-ring (bicyclic) bond motifs is 6. The molecule has 14 nitrogen and oxygen atoms in total. The molecule has 2 aromatic carbocycles. The van der Waals surface area contributed by atoms with E-state index in [-0.39, 0.29) is 30.2 Å². The number of pyridine rings is 1. The first kappa shape index (κ1) is 35.9. The molecule has 56 heavy (non-hydrogen) atoms. The lowest BCUT2D eigenvalue weighted by Crippen LogP contribution is -2.58. The number of nitrogens with one attached hydrogen (secondary N) is 1. The monoisotopic (exact) mass is 766 g/mol. The van der Waals surface area contributed by atoms with Crippen molar-refractivity contribution in [1.82, 2.24) is 44.1 Å². The number of imidazole rings is 1. The molecule has 3 aliphatic rings. The third kappa shape index (κ3) is 6.14. The number of ether oxygens (including phenoxy) is 1. The summed E-state index contributed by atoms with van der Waals surface area (Å²) >= 11 is 0. The van der Waals surface area contributed by atoms with Gasteiger partial charge in [0.25, 0.3) is 0 Å². The van der Waals surface area contributed by atoms with Crippen LogP contribution in [0.15, 0.2) is 54.7 Å². The highest BCUT2D eigenvalue weighted by atomic mass is 19.1. The summed E-state index contributed by atoms with van der Waals surface area (Å²) in [5.74, 6) is 0.0458. The molecule has 1 amide bonds. The minimum atomic E-state index is -0.791. The molecule has 3 aliphatic heterocycles. The molecule has 17 heteroatoms. The van der Waals surface area contributed by atoms with Gasteiger partial charge in [-0.2, -0.15) is 15.1 Å². The van der Waals surface area contributed by atoms with Gasteiger partial charge in [-0.3, -0.25) is 4.79 Å². The number of hydrogen-bond donors (Lipinski definition) is 1. The highest BCUT2D eigenvalue weighted by molar-refractivity contribution is 5.94. The Labute approximate surface area is 320 Å². The second kappa shape index (κ2) is 13.7. The number of benzene rings is 2. The number of halogens is 3. The molecule has 1 N–H and O–H groups in total. The molecule has 290 valence electrons. The number of anilines is 3. The van der Waals surface area contributed by atoms with Crippen LogP contribution in [0.25, 0.3) is 39.0 Å². The SMILES string of the molecule is CO[C@H]1CN(C)C(=O)[C@@H]2C[C@@H](CN2c2nc(N3CC(N(C)C)C3)nc3c2cnn3-c2ccc(F)cc2F)Nc2cccc(n2)-c2cc(F)cc3nc(C)n(c23)C1. The van der Waals surface area contributed by atoms with Crippen molar-refractivity contribution >= 4 is 45.6 Å². The van der Waals surface area contributed by atoms with E-state index in [1.54, 1.807) is 25.3 Å². The zero-order chi connectivity index (χ0) is 39.0. The number of methoxy groups -OCH3 is 1. The van der Waals surface area contributed by atoms with Gasteiger partial charge in [-0.25, -0.2) is 27.8 Å². The molecule has 0 saturated carbocycles. The van der Waals surface area contributed by atoms with Gasteiger partial charge in [0.1, 0.15) is 40.8 Å². The molecule has 2 saturated heterocycles. The number of nitrogens with zero attached hydrogens (tertiary/aromatic N) is 11. The first-order valence-electron chi connectivity index (χ1n) is 18.5. The Morgan fingerprint density at radius 1 is 0.929 bits per heavy atom. The summed E-state index contributed by atoms with van der Waals surface area (Å²) in [6, 6.07) is 11.1. The maximum absolute atomic E-state index is 15.3. The second-order valence-corrected chi connectivity index (χ2v) is 15.1. The van der Waals surface area contributed by atoms with E-state index in [2.05, 4.69) is 20.3 Å². The van der Waals surface area contributed by atoms with Gasteiger partial charge < -0.3 is 34.2 Å². The van der Waals surface area contributed by atoms with Gasteiger partial charge in [-0.05, 0) is 57.8 Å². The molecule has 7 heterocycles. The van der Waals surface area contributed by atoms with Crippen LogP contribution in [0.4, 0.5) is 30.8 Å². The van der Waals surface area contributed by atoms with Crippen LogP contribution < -0.4 is 15.1 Å². The van der Waals surface area contributed by atoms with Crippen LogP contribution in [-0.2, 0) is 16.1 Å². The van der Waals surface area contributed by atoms with E-state index in [1.165, 1.54) is 28.9 Å². The van der Waals surface area contributed by atoms with E-state index >= 15 is 8.78 Å². The van der Waals surface area contributed by atoms with Crippen LogP contribution in [0.2, 0.25) is 0 Å². The molecule has 2 fully saturated rings. The van der Waals surface area contributed by atoms with E-state index in [1.807, 2.05) is 53.6 Å². The molecule has 3 atom stereocenters. The number of rotatable bonds is 5. The van der Waals surface area contributed by atoms with Crippen LogP contribution in [0.3, 0.4) is 0 Å². The third-order valence-corrected chi connectivity index (χ3v) is 11.2. The van der Waals surface area contributed by atoms with Crippen molar-refractivity contribution in [3.63, 3.8) is 0 Å². The Kier molecular flexibility index (Phi) is 8.80. The Hall–Kier alpha value is -5.81. The molecule has 0 unspecified atom stereocenters. The fourth-order valence-corrected chi connectivity index (χ4v) is 8.13. The number of likely N-dealkylation sites (N-methyl/N-ethyl adjacent to an activating group) is 2. The van der Waals surface area contributed by atoms with Gasteiger partial charge >= 0.3 is 0 Å². The minimum absolute atomic E-state index is 0.0324. The first-order valence-corrected chi connectivity index (χ1v) is 18.5. The second-order valence-electron chi connectivity index (χ2n) is 15.1. The van der Waals surface area contributed by atoms with Gasteiger partial charge in [-0.1, -0.05) is 6.07 Å². The number of aromatic nitrogens is 7. The molecule has 4 bridgehead atoms. The molecule has 0 spiro atoms. The molecular weight excluding hydrogens is 726 g/mol. The predicted octanol–water partition coefficient (Wildman–Crippen LogP) is 4.25. The molecule has 4 aromatic heterocycles. The molecular formula is C39H41F3N12O2. The lowest BCUT2D eigenvalue weighted by molar-refractivity contribution is -0.132. The summed E-state index contributed by atoms with van der Waals surface area (Å²) in [5, 5.41) is 8.58. The van der Waals surface area contributed by atoms with Crippen molar-refractivity contribution < 1.29 is 22.7 Å². The summed E-state index contributed by atoms with van der Waals surface area (Å²) in [5.41, 5.74) is 2.76. The van der Waals surface area contributed by atoms with Crippen molar-refractivity contribution in [3.8, 4) is 16.9 Å². The Morgan fingerprint density at radius 3 is 2.52 bits per heavy atom. The van der Waals surface area contributed by atoms with Crippen molar-refractivity contribution in [2.45, 2.75) is 44.1 Å². The summed E-state index contributed by atoms with van der Waals surface area (Å²) in [6.07, 6.45) is 1.52. The molecule has 0 radical (unpaired) electrons. The maximum atomic E-state index is 15.3. The van der Waals surface area contributed by atoms with Crippen LogP contribution in [0.1, 0.15) is 12.2 Å². The van der Waals surface area contributed by atoms with Crippen molar-refractivity contribution in [1.29, 1.82) is 0 Å². The van der Waals surface area contributed by atoms with E-state index in [9.17, 15) is 9.18 Å². The van der Waals surface area contributed by atoms with E-state index in [0.717, 1.165) is 11.6 Å². The summed E-state index contributed by atoms with van der Waals surface area (Å²) < 4.78 is 53.7. The quantitative estimate of drug-likeness (QED) is 0.271. The Bertz CT molecular complexity index is 2500. The van der Waals surface area contributed by atoms with Gasteiger partial charge in [0.2, 0.25) is 11.9 Å². The van der Waals surface area contributed by atoms with E-state index < -0.39 is 29.6 Å². The number of carbonyl (C=O) groups is 1. The van der Waals surface area contributed by atoms with Crippen LogP contribution in [0, 0.1) is 24.4 Å². The van der Waals surface area contributed by atoms with Gasteiger partial charge in [0.15, 0.2) is 11.5 Å². The van der Waals surface area contributed by atoms with Gasteiger partial charge in [0, 0.05) is 70.1 Å². The summed E-state index contributed by atoms with van der Waals surface area (Å²) in [4.78, 5) is 42.1. The zero-order valence-corrected chi connectivity index (χ0v) is 31.6. The number of aryl methyl sites for hydroxylation is 1. The zero-order valence-electron chi connectivity index (χ0n) is 31.6. The minimum Gasteiger partial charge on any atom is -0.378 e. The lowest BCUT2D eigenvalue weighted by atomic mass is 10.1. The third-order valence-electron chi connectivity index (χ3n) is 11.2. The smallest absolute Gasteiger partial charge is 0.245 e. The van der Waals surface area contributed by atoms with Crippen LogP contribution in [-0.4, -0.2) is 129 Å². The molecule has 9 rings (SSSR count). The maximum Gasteiger partial charge on any atom is 0.245 e. The number of carbonyl (C=O) groups excluding carboxylic acids is 1. The largest absolute Gasteiger partial charge is 0.378 e. The highest BCUT2D eigenvalue weighted by Gasteiger charge is 2.42. The highest BCUT2D eigenvalue weighted by Crippen LogP contribution is 2.37. The van der Waals surface area contributed by atoms with E-state index in [4.69, 9.17) is 19.7 Å². The van der Waals surface area contributed by atoms with Gasteiger partial charge in [-0.15, -0.1) is 0 Å². The predicted molar refractivity (Wildman–Crippen MR) is 206 cm³/mol. The summed E-state index contributed by atoms with van der Waals surface area (Å²) in [6.45, 7) is 4.16. The van der Waals surface area contributed by atoms with Crippen molar-refractivity contribution in [2.75, 3.05) is 69.5 Å². The van der Waals surface area contributed by atoms with E-state index in [0.29, 0.717) is 83.8 Å². The number of amides is 1. The standard InChI is InChI=1S/C39H41F3N12O2/c1-21-44-31-13-23(41)11-27-30-7-6-8-34(46-30)45-24-14-33(38(55)50(4)19-26(56-5)20-52(21)35(27)31)53(16-24)36-28-15-43-54(32-10-9-22(40)12-29(32)42)37(28)48-39(47-36)51-17-25(18-51)49(2)3/h6-13,15,24-26,33H,14,16-20H2,1-5H3,(H,45,46)/t24-,26-,33-/m0/s1. The van der Waals surface area contributed by atoms with Crippen LogP contribution >= 0.6 is 0 Å². The van der Waals surface area contributed by atoms with Crippen LogP contribution in [0.5, 0.6) is 0 Å². The molecule has 6 aromatic rings. The fourth-order valence-electron chi connectivity index (χ4n) is 8.13. The number of hydrogen-bond acceptors (Lipinski definition) is 11. The lowest BCUT2D eigenvalue weighted by Gasteiger charge is -2.43. The Morgan fingerprint density at radius 2 is 1.75 bits per heavy atom. The topological polar surface area (TPSA) is 126 Å². The molecule has 0 aliphatic carbocycles. The Balaban J connectivity index is 1.16. The normalized spacial score (nSPS) is 20.5. The average molecular weight is 767 g/mol. The first-order chi connectivity index (χ1) is 26.9. The average Bonchev–Trinajstić information content (AvgIpc) is 3.84. The van der Waals surface area contributed by atoms with Crippen molar-refractivity contribution in [3.05, 3.63) is 78.0 Å². The summed E-state index contributed by atoms with van der Waals surface area (Å²) in [7, 11) is 7.40.